The van der Waals surface area contributed by atoms with Crippen LogP contribution in [0.1, 0.15) is 13.3 Å². The lowest BCUT2D eigenvalue weighted by molar-refractivity contribution is -0.143. The summed E-state index contributed by atoms with van der Waals surface area (Å²) < 4.78 is 4.85. The minimum Gasteiger partial charge on any atom is -0.466 e. The van der Waals surface area contributed by atoms with E-state index in [-0.39, 0.29) is 11.9 Å². The van der Waals surface area contributed by atoms with Gasteiger partial charge >= 0.3 is 5.97 Å². The summed E-state index contributed by atoms with van der Waals surface area (Å²) in [6.07, 6.45) is 5.76. The summed E-state index contributed by atoms with van der Waals surface area (Å²) in [5, 5.41) is 0.648. The van der Waals surface area contributed by atoms with Crippen LogP contribution in [0.4, 0.5) is 0 Å². The first-order valence-corrected chi connectivity index (χ1v) is 4.91. The lowest BCUT2D eigenvalue weighted by Crippen LogP contribution is -2.12. The molecular weight excluding hydrogens is 200 g/mol. The molecule has 0 bridgehead atoms. The maximum absolute atomic E-state index is 11.2. The van der Waals surface area contributed by atoms with E-state index in [4.69, 9.17) is 16.3 Å². The molecule has 0 spiro atoms. The van der Waals surface area contributed by atoms with Crippen molar-refractivity contribution < 1.29 is 9.53 Å². The van der Waals surface area contributed by atoms with Gasteiger partial charge in [0, 0.05) is 11.0 Å². The zero-order chi connectivity index (χ0) is 10.6. The minimum atomic E-state index is -0.199. The first-order chi connectivity index (χ1) is 6.63. The molecule has 0 amide bonds. The van der Waals surface area contributed by atoms with E-state index in [0.717, 1.165) is 5.57 Å². The Labute approximate surface area is 88.9 Å². The molecule has 0 fully saturated rings. The van der Waals surface area contributed by atoms with E-state index in [1.54, 1.807) is 19.1 Å². The summed E-state index contributed by atoms with van der Waals surface area (Å²) in [5.74, 6) is -0.175. The fraction of sp³-hybridized carbons (Fsp3) is 0.364. The summed E-state index contributed by atoms with van der Waals surface area (Å²) in [7, 11) is 0. The Morgan fingerprint density at radius 1 is 1.71 bits per heavy atom. The number of halogens is 1. The van der Waals surface area contributed by atoms with Crippen LogP contribution >= 0.6 is 11.6 Å². The third-order valence-corrected chi connectivity index (χ3v) is 2.21. The van der Waals surface area contributed by atoms with E-state index in [0.29, 0.717) is 18.1 Å². The molecule has 0 radical (unpaired) electrons. The molecule has 0 aromatic rings. The fourth-order valence-corrected chi connectivity index (χ4v) is 1.48. The van der Waals surface area contributed by atoms with Crippen LogP contribution in [-0.4, -0.2) is 12.6 Å². The van der Waals surface area contributed by atoms with Gasteiger partial charge in [0.05, 0.1) is 13.0 Å². The van der Waals surface area contributed by atoms with Gasteiger partial charge in [0.25, 0.3) is 0 Å². The van der Waals surface area contributed by atoms with E-state index < -0.39 is 0 Å². The Morgan fingerprint density at radius 3 is 3.00 bits per heavy atom. The number of allylic oxidation sites excluding steroid dienone is 5. The number of esters is 1. The quantitative estimate of drug-likeness (QED) is 0.673. The summed E-state index contributed by atoms with van der Waals surface area (Å²) in [5.41, 5.74) is 0.852. The van der Waals surface area contributed by atoms with E-state index in [1.807, 2.05) is 6.08 Å². The number of carbonyl (C=O) groups is 1. The van der Waals surface area contributed by atoms with E-state index in [2.05, 4.69) is 6.58 Å². The number of ether oxygens (including phenoxy) is 1. The molecule has 0 aromatic carbocycles. The summed E-state index contributed by atoms with van der Waals surface area (Å²) in [4.78, 5) is 11.2. The molecule has 14 heavy (non-hydrogen) atoms. The van der Waals surface area contributed by atoms with Gasteiger partial charge in [0.1, 0.15) is 0 Å². The molecule has 1 aliphatic carbocycles. The maximum Gasteiger partial charge on any atom is 0.306 e. The highest BCUT2D eigenvalue weighted by Crippen LogP contribution is 2.25. The second-order valence-corrected chi connectivity index (χ2v) is 3.52. The fourth-order valence-electron chi connectivity index (χ4n) is 1.26. The van der Waals surface area contributed by atoms with Crippen molar-refractivity contribution in [2.24, 2.45) is 5.92 Å². The predicted molar refractivity (Wildman–Crippen MR) is 57.0 cm³/mol. The monoisotopic (exact) mass is 212 g/mol. The zero-order valence-electron chi connectivity index (χ0n) is 8.13. The Bertz CT molecular complexity index is 302. The summed E-state index contributed by atoms with van der Waals surface area (Å²) >= 11 is 5.77. The van der Waals surface area contributed by atoms with Crippen molar-refractivity contribution in [3.8, 4) is 0 Å². The largest absolute Gasteiger partial charge is 0.466 e. The first-order valence-electron chi connectivity index (χ1n) is 4.53. The van der Waals surface area contributed by atoms with Crippen LogP contribution in [0.3, 0.4) is 0 Å². The molecule has 0 saturated heterocycles. The van der Waals surface area contributed by atoms with Gasteiger partial charge in [-0.1, -0.05) is 24.3 Å². The van der Waals surface area contributed by atoms with Crippen LogP contribution in [0, 0.1) is 5.92 Å². The average Bonchev–Trinajstić information content (AvgIpc) is 2.10. The van der Waals surface area contributed by atoms with E-state index in [9.17, 15) is 4.79 Å². The molecule has 1 aliphatic rings. The molecule has 0 aromatic heterocycles. The standard InChI is InChI=1S/C11H13ClO2/c1-3-14-11(13)7-9-4-5-10(12)6-8(9)2/h4-6,9H,2-3,7H2,1H3. The zero-order valence-corrected chi connectivity index (χ0v) is 8.88. The van der Waals surface area contributed by atoms with Crippen molar-refractivity contribution in [2.75, 3.05) is 6.61 Å². The first kappa shape index (κ1) is 11.1. The van der Waals surface area contributed by atoms with Crippen LogP contribution < -0.4 is 0 Å². The van der Waals surface area contributed by atoms with Crippen molar-refractivity contribution in [3.63, 3.8) is 0 Å². The third-order valence-electron chi connectivity index (χ3n) is 1.98. The van der Waals surface area contributed by atoms with Gasteiger partial charge in [-0.25, -0.2) is 0 Å². The molecule has 0 N–H and O–H groups in total. The number of rotatable bonds is 3. The van der Waals surface area contributed by atoms with E-state index >= 15 is 0 Å². The van der Waals surface area contributed by atoms with Crippen LogP contribution in [0.5, 0.6) is 0 Å². The predicted octanol–water partition coefficient (Wildman–Crippen LogP) is 2.80. The normalized spacial score (nSPS) is 20.6. The Hall–Kier alpha value is -1.02. The van der Waals surface area contributed by atoms with Crippen molar-refractivity contribution in [1.82, 2.24) is 0 Å². The molecule has 0 saturated carbocycles. The molecule has 0 heterocycles. The van der Waals surface area contributed by atoms with Gasteiger partial charge in [0.15, 0.2) is 0 Å². The van der Waals surface area contributed by atoms with Crippen molar-refractivity contribution >= 4 is 17.6 Å². The lowest BCUT2D eigenvalue weighted by Gasteiger charge is -2.15. The van der Waals surface area contributed by atoms with Crippen molar-refractivity contribution in [2.45, 2.75) is 13.3 Å². The molecule has 1 unspecified atom stereocenters. The number of hydrogen-bond acceptors (Lipinski definition) is 2. The molecule has 3 heteroatoms. The maximum atomic E-state index is 11.2. The summed E-state index contributed by atoms with van der Waals surface area (Å²) in [6.45, 7) is 6.05. The molecule has 1 atom stereocenters. The highest BCUT2D eigenvalue weighted by atomic mass is 35.5. The molecule has 76 valence electrons. The van der Waals surface area contributed by atoms with Gasteiger partial charge in [-0.05, 0) is 24.6 Å². The van der Waals surface area contributed by atoms with Crippen LogP contribution in [0.15, 0.2) is 35.4 Å². The smallest absolute Gasteiger partial charge is 0.306 e. The lowest BCUT2D eigenvalue weighted by atomic mass is 9.93. The molecule has 2 nitrogen and oxygen atoms in total. The van der Waals surface area contributed by atoms with Crippen LogP contribution in [0.25, 0.3) is 0 Å². The third kappa shape index (κ3) is 3.04. The van der Waals surface area contributed by atoms with Gasteiger partial charge < -0.3 is 4.74 Å². The average molecular weight is 213 g/mol. The SMILES string of the molecule is C=C1C=C(Cl)C=CC1CC(=O)OCC. The Balaban J connectivity index is 2.52. The van der Waals surface area contributed by atoms with Crippen LogP contribution in [0.2, 0.25) is 0 Å². The number of carbonyl (C=O) groups excluding carboxylic acids is 1. The van der Waals surface area contributed by atoms with Crippen molar-refractivity contribution in [3.05, 3.63) is 35.4 Å². The second kappa shape index (κ2) is 5.01. The highest BCUT2D eigenvalue weighted by Gasteiger charge is 2.16. The van der Waals surface area contributed by atoms with Gasteiger partial charge in [-0.2, -0.15) is 0 Å². The summed E-state index contributed by atoms with van der Waals surface area (Å²) in [6, 6.07) is 0. The highest BCUT2D eigenvalue weighted by molar-refractivity contribution is 6.31. The molecule has 0 aliphatic heterocycles. The molecule has 1 rings (SSSR count). The van der Waals surface area contributed by atoms with Gasteiger partial charge in [-0.15, -0.1) is 0 Å². The number of hydrogen-bond donors (Lipinski definition) is 0. The molecular formula is C11H13ClO2. The van der Waals surface area contributed by atoms with Gasteiger partial charge in [0.2, 0.25) is 0 Å². The second-order valence-electron chi connectivity index (χ2n) is 3.08. The Kier molecular flexibility index (Phi) is 3.96. The van der Waals surface area contributed by atoms with Crippen LogP contribution in [-0.2, 0) is 9.53 Å². The Morgan fingerprint density at radius 2 is 2.43 bits per heavy atom. The van der Waals surface area contributed by atoms with Gasteiger partial charge in [-0.3, -0.25) is 4.79 Å². The van der Waals surface area contributed by atoms with Crippen molar-refractivity contribution in [1.29, 1.82) is 0 Å². The topological polar surface area (TPSA) is 26.3 Å². The van der Waals surface area contributed by atoms with E-state index in [1.165, 1.54) is 0 Å². The minimum absolute atomic E-state index is 0.0246.